The fourth-order valence-corrected chi connectivity index (χ4v) is 2.38. The number of amides is 1. The maximum Gasteiger partial charge on any atom is 0.308 e. The van der Waals surface area contributed by atoms with Gasteiger partial charge in [-0.2, -0.15) is 0 Å². The number of hydrogen-bond acceptors (Lipinski definition) is 3. The van der Waals surface area contributed by atoms with Gasteiger partial charge in [-0.1, -0.05) is 26.0 Å². The van der Waals surface area contributed by atoms with Gasteiger partial charge in [-0.15, -0.1) is 0 Å². The molecule has 6 heteroatoms. The summed E-state index contributed by atoms with van der Waals surface area (Å²) in [6.45, 7) is 3.33. The van der Waals surface area contributed by atoms with E-state index in [9.17, 15) is 13.8 Å². The molecule has 19 heavy (non-hydrogen) atoms. The average molecular weight is 283 g/mol. The quantitative estimate of drug-likeness (QED) is 0.823. The monoisotopic (exact) mass is 283 g/mol. The van der Waals surface area contributed by atoms with E-state index in [1.165, 1.54) is 6.92 Å². The molecular formula is C13H17NO4S. The van der Waals surface area contributed by atoms with Crippen LogP contribution in [0.2, 0.25) is 0 Å². The van der Waals surface area contributed by atoms with Crippen LogP contribution >= 0.6 is 0 Å². The Kier molecular flexibility index (Phi) is 5.69. The van der Waals surface area contributed by atoms with Gasteiger partial charge in [-0.05, 0) is 12.1 Å². The van der Waals surface area contributed by atoms with Crippen molar-refractivity contribution in [2.75, 3.05) is 12.3 Å². The molecule has 1 rings (SSSR count). The standard InChI is InChI=1S/C13H17NO4S/c1-3-19(18)11-7-5-4-6-10(11)12(15)14-8-9(2)13(16)17/h4-7,9H,3,8H2,1-2H3,(H,14,15)(H,16,17). The molecule has 2 atom stereocenters. The zero-order chi connectivity index (χ0) is 14.4. The first-order valence-electron chi connectivity index (χ1n) is 5.95. The summed E-state index contributed by atoms with van der Waals surface area (Å²) in [7, 11) is -1.22. The molecule has 0 aliphatic rings. The highest BCUT2D eigenvalue weighted by Gasteiger charge is 2.17. The Morgan fingerprint density at radius 2 is 2.00 bits per heavy atom. The van der Waals surface area contributed by atoms with E-state index in [1.807, 2.05) is 0 Å². The van der Waals surface area contributed by atoms with Gasteiger partial charge in [0.15, 0.2) is 0 Å². The first-order valence-corrected chi connectivity index (χ1v) is 7.27. The lowest BCUT2D eigenvalue weighted by atomic mass is 10.1. The minimum absolute atomic E-state index is 0.0429. The van der Waals surface area contributed by atoms with Crippen LogP contribution in [0.3, 0.4) is 0 Å². The van der Waals surface area contributed by atoms with Crippen molar-refractivity contribution in [3.05, 3.63) is 29.8 Å². The van der Waals surface area contributed by atoms with Crippen molar-refractivity contribution in [3.63, 3.8) is 0 Å². The topological polar surface area (TPSA) is 83.5 Å². The Bertz CT molecular complexity index is 501. The summed E-state index contributed by atoms with van der Waals surface area (Å²) < 4.78 is 11.8. The number of nitrogens with one attached hydrogen (secondary N) is 1. The first kappa shape index (κ1) is 15.4. The van der Waals surface area contributed by atoms with Gasteiger partial charge in [-0.3, -0.25) is 13.8 Å². The summed E-state index contributed by atoms with van der Waals surface area (Å²) in [5.41, 5.74) is 0.334. The van der Waals surface area contributed by atoms with Crippen LogP contribution in [0.5, 0.6) is 0 Å². The molecule has 0 fully saturated rings. The van der Waals surface area contributed by atoms with Gasteiger partial charge < -0.3 is 10.4 Å². The van der Waals surface area contributed by atoms with E-state index < -0.39 is 28.6 Å². The molecule has 0 spiro atoms. The molecule has 0 aliphatic carbocycles. The second-order valence-corrected chi connectivity index (χ2v) is 5.79. The van der Waals surface area contributed by atoms with Crippen LogP contribution < -0.4 is 5.32 Å². The fourth-order valence-electron chi connectivity index (χ4n) is 1.44. The van der Waals surface area contributed by atoms with Crippen molar-refractivity contribution in [3.8, 4) is 0 Å². The normalized spacial score (nSPS) is 13.6. The molecule has 0 aromatic heterocycles. The Morgan fingerprint density at radius 3 is 2.58 bits per heavy atom. The number of carboxylic acids is 1. The van der Waals surface area contributed by atoms with E-state index in [-0.39, 0.29) is 6.54 Å². The van der Waals surface area contributed by atoms with Gasteiger partial charge in [0.25, 0.3) is 5.91 Å². The molecular weight excluding hydrogens is 266 g/mol. The molecule has 0 saturated heterocycles. The largest absolute Gasteiger partial charge is 0.481 e. The maximum absolute atomic E-state index is 12.0. The summed E-state index contributed by atoms with van der Waals surface area (Å²) in [5, 5.41) is 11.3. The van der Waals surface area contributed by atoms with Gasteiger partial charge in [0.2, 0.25) is 0 Å². The zero-order valence-corrected chi connectivity index (χ0v) is 11.7. The Hall–Kier alpha value is -1.69. The van der Waals surface area contributed by atoms with Gasteiger partial charge in [0.1, 0.15) is 0 Å². The minimum Gasteiger partial charge on any atom is -0.481 e. The molecule has 1 aromatic carbocycles. The van der Waals surface area contributed by atoms with Crippen LogP contribution in [-0.2, 0) is 15.6 Å². The van der Waals surface area contributed by atoms with Gasteiger partial charge in [0.05, 0.1) is 27.2 Å². The van der Waals surface area contributed by atoms with Gasteiger partial charge in [0, 0.05) is 12.3 Å². The smallest absolute Gasteiger partial charge is 0.308 e. The molecule has 0 heterocycles. The molecule has 0 aliphatic heterocycles. The average Bonchev–Trinajstić information content (AvgIpc) is 2.43. The predicted octanol–water partition coefficient (Wildman–Crippen LogP) is 1.26. The van der Waals surface area contributed by atoms with E-state index in [1.54, 1.807) is 31.2 Å². The molecule has 2 unspecified atom stereocenters. The van der Waals surface area contributed by atoms with E-state index in [4.69, 9.17) is 5.11 Å². The van der Waals surface area contributed by atoms with Crippen molar-refractivity contribution in [1.82, 2.24) is 5.32 Å². The van der Waals surface area contributed by atoms with Crippen molar-refractivity contribution < 1.29 is 18.9 Å². The number of hydrogen-bond donors (Lipinski definition) is 2. The van der Waals surface area contributed by atoms with Crippen LogP contribution in [-0.4, -0.2) is 33.5 Å². The number of aliphatic carboxylic acids is 1. The van der Waals surface area contributed by atoms with Crippen LogP contribution in [0.15, 0.2) is 29.2 Å². The third-order valence-corrected chi connectivity index (χ3v) is 4.00. The second kappa shape index (κ2) is 7.04. The number of carbonyl (C=O) groups excluding carboxylic acids is 1. The van der Waals surface area contributed by atoms with Gasteiger partial charge >= 0.3 is 5.97 Å². The van der Waals surface area contributed by atoms with Crippen LogP contribution in [0.1, 0.15) is 24.2 Å². The van der Waals surface area contributed by atoms with Crippen LogP contribution in [0.4, 0.5) is 0 Å². The van der Waals surface area contributed by atoms with E-state index >= 15 is 0 Å². The number of carbonyl (C=O) groups is 2. The second-order valence-electron chi connectivity index (χ2n) is 4.08. The summed E-state index contributed by atoms with van der Waals surface area (Å²) in [5.74, 6) is -1.60. The summed E-state index contributed by atoms with van der Waals surface area (Å²) >= 11 is 0. The molecule has 1 amide bonds. The van der Waals surface area contributed by atoms with Gasteiger partial charge in [-0.25, -0.2) is 0 Å². The van der Waals surface area contributed by atoms with Crippen molar-refractivity contribution >= 4 is 22.7 Å². The number of benzene rings is 1. The predicted molar refractivity (Wildman–Crippen MR) is 72.5 cm³/mol. The molecule has 0 saturated carbocycles. The molecule has 104 valence electrons. The zero-order valence-electron chi connectivity index (χ0n) is 10.9. The lowest BCUT2D eigenvalue weighted by molar-refractivity contribution is -0.140. The fraction of sp³-hybridized carbons (Fsp3) is 0.385. The van der Waals surface area contributed by atoms with Crippen LogP contribution in [0.25, 0.3) is 0 Å². The molecule has 0 radical (unpaired) electrons. The van der Waals surface area contributed by atoms with E-state index in [0.29, 0.717) is 16.2 Å². The van der Waals surface area contributed by atoms with Crippen LogP contribution in [0, 0.1) is 5.92 Å². The van der Waals surface area contributed by atoms with Crippen molar-refractivity contribution in [1.29, 1.82) is 0 Å². The summed E-state index contributed by atoms with van der Waals surface area (Å²) in [6.07, 6.45) is 0. The van der Waals surface area contributed by atoms with E-state index in [0.717, 1.165) is 0 Å². The van der Waals surface area contributed by atoms with Crippen molar-refractivity contribution in [2.24, 2.45) is 5.92 Å². The maximum atomic E-state index is 12.0. The summed E-state index contributed by atoms with van der Waals surface area (Å²) in [4.78, 5) is 23.1. The number of rotatable bonds is 6. The SMILES string of the molecule is CCS(=O)c1ccccc1C(=O)NCC(C)C(=O)O. The highest BCUT2D eigenvalue weighted by Crippen LogP contribution is 2.13. The minimum atomic E-state index is -1.22. The van der Waals surface area contributed by atoms with Crippen molar-refractivity contribution in [2.45, 2.75) is 18.7 Å². The Balaban J connectivity index is 2.83. The summed E-state index contributed by atoms with van der Waals surface area (Å²) in [6, 6.07) is 6.64. The molecule has 5 nitrogen and oxygen atoms in total. The lowest BCUT2D eigenvalue weighted by Gasteiger charge is -2.11. The highest BCUT2D eigenvalue weighted by atomic mass is 32.2. The molecule has 1 aromatic rings. The lowest BCUT2D eigenvalue weighted by Crippen LogP contribution is -2.32. The Morgan fingerprint density at radius 1 is 1.37 bits per heavy atom. The first-order chi connectivity index (χ1) is 8.97. The highest BCUT2D eigenvalue weighted by molar-refractivity contribution is 7.85. The molecule has 2 N–H and O–H groups in total. The third-order valence-electron chi connectivity index (χ3n) is 2.63. The third kappa shape index (κ3) is 4.17. The number of carboxylic acid groups (broad SMARTS) is 1. The molecule has 0 bridgehead atoms. The van der Waals surface area contributed by atoms with E-state index in [2.05, 4.69) is 5.32 Å². The Labute approximate surface area is 114 Å².